The minimum Gasteiger partial charge on any atom is -0.379 e. The fraction of sp³-hybridized carbons (Fsp3) is 0.440. The third-order valence-corrected chi connectivity index (χ3v) is 7.94. The van der Waals surface area contributed by atoms with E-state index in [2.05, 4.69) is 30.9 Å². The van der Waals surface area contributed by atoms with Crippen molar-refractivity contribution < 1.29 is 13.9 Å². The smallest absolute Gasteiger partial charge is 0.229 e. The van der Waals surface area contributed by atoms with Crippen molar-refractivity contribution in [3.05, 3.63) is 53.3 Å². The average molecular weight is 488 g/mol. The Morgan fingerprint density at radius 1 is 1.18 bits per heavy atom. The first kappa shape index (κ1) is 24.1. The molecule has 1 aliphatic heterocycles. The lowest BCUT2D eigenvalue weighted by atomic mass is 10.1. The highest BCUT2D eigenvalue weighted by Crippen LogP contribution is 2.31. The molecule has 0 atom stereocenters. The van der Waals surface area contributed by atoms with E-state index in [1.165, 1.54) is 23.3 Å². The van der Waals surface area contributed by atoms with E-state index in [1.807, 2.05) is 4.90 Å². The van der Waals surface area contributed by atoms with E-state index in [-0.39, 0.29) is 11.7 Å². The van der Waals surface area contributed by atoms with Crippen LogP contribution in [0.3, 0.4) is 0 Å². The number of morpholine rings is 1. The van der Waals surface area contributed by atoms with Crippen molar-refractivity contribution in [2.24, 2.45) is 0 Å². The zero-order valence-electron chi connectivity index (χ0n) is 19.2. The van der Waals surface area contributed by atoms with E-state index in [9.17, 15) is 9.18 Å². The number of halogens is 1. The maximum absolute atomic E-state index is 13.3. The highest BCUT2D eigenvalue weighted by atomic mass is 32.2. The molecule has 0 radical (unpaired) electrons. The van der Waals surface area contributed by atoms with Gasteiger partial charge in [0.05, 0.1) is 23.4 Å². The van der Waals surface area contributed by atoms with Gasteiger partial charge in [0.1, 0.15) is 5.82 Å². The quantitative estimate of drug-likeness (QED) is 0.384. The van der Waals surface area contributed by atoms with Gasteiger partial charge in [0.25, 0.3) is 0 Å². The van der Waals surface area contributed by atoms with Crippen LogP contribution in [0.1, 0.15) is 24.0 Å². The van der Waals surface area contributed by atoms with E-state index in [4.69, 9.17) is 9.72 Å². The molecular formula is C25H30FN3O2S2. The second kappa shape index (κ2) is 11.4. The molecule has 1 saturated heterocycles. The van der Waals surface area contributed by atoms with Gasteiger partial charge in [-0.15, -0.1) is 11.8 Å². The molecule has 0 saturated carbocycles. The summed E-state index contributed by atoms with van der Waals surface area (Å²) >= 11 is 3.16. The topological polar surface area (TPSA) is 45.7 Å². The highest BCUT2D eigenvalue weighted by molar-refractivity contribution is 7.99. The molecular weight excluding hydrogens is 457 g/mol. The first-order valence-electron chi connectivity index (χ1n) is 11.4. The molecule has 33 heavy (non-hydrogen) atoms. The first-order chi connectivity index (χ1) is 16.0. The minimum absolute atomic E-state index is 0.0825. The van der Waals surface area contributed by atoms with Crippen LogP contribution < -0.4 is 4.90 Å². The van der Waals surface area contributed by atoms with Crippen molar-refractivity contribution in [3.8, 4) is 0 Å². The van der Waals surface area contributed by atoms with E-state index >= 15 is 0 Å². The molecule has 3 aromatic rings. The Bertz CT molecular complexity index is 1040. The third kappa shape index (κ3) is 6.53. The summed E-state index contributed by atoms with van der Waals surface area (Å²) in [5, 5.41) is 0.772. The molecule has 1 aromatic heterocycles. The fourth-order valence-electron chi connectivity index (χ4n) is 3.81. The first-order valence-corrected chi connectivity index (χ1v) is 13.2. The number of thioether (sulfide) groups is 1. The average Bonchev–Trinajstić information content (AvgIpc) is 3.21. The predicted octanol–water partition coefficient (Wildman–Crippen LogP) is 5.29. The fourth-order valence-corrected chi connectivity index (χ4v) is 5.74. The maximum Gasteiger partial charge on any atom is 0.229 e. The van der Waals surface area contributed by atoms with Crippen molar-refractivity contribution in [3.63, 3.8) is 0 Å². The van der Waals surface area contributed by atoms with Crippen LogP contribution in [0.4, 0.5) is 9.52 Å². The van der Waals surface area contributed by atoms with Gasteiger partial charge >= 0.3 is 0 Å². The van der Waals surface area contributed by atoms with Gasteiger partial charge in [0.2, 0.25) is 5.91 Å². The molecule has 0 spiro atoms. The number of hydrogen-bond donors (Lipinski definition) is 0. The second-order valence-electron chi connectivity index (χ2n) is 8.31. The van der Waals surface area contributed by atoms with Crippen molar-refractivity contribution in [2.75, 3.05) is 50.0 Å². The number of rotatable bonds is 9. The number of carbonyl (C=O) groups excluding carboxylic acids is 1. The predicted molar refractivity (Wildman–Crippen MR) is 135 cm³/mol. The monoisotopic (exact) mass is 487 g/mol. The molecule has 1 amide bonds. The third-order valence-electron chi connectivity index (χ3n) is 5.88. The van der Waals surface area contributed by atoms with Gasteiger partial charge in [-0.1, -0.05) is 11.3 Å². The number of amides is 1. The molecule has 0 bridgehead atoms. The number of carbonyl (C=O) groups is 1. The number of hydrogen-bond acceptors (Lipinski definition) is 6. The second-order valence-corrected chi connectivity index (χ2v) is 10.5. The van der Waals surface area contributed by atoms with Gasteiger partial charge in [0.15, 0.2) is 5.13 Å². The number of ether oxygens (including phenoxy) is 1. The summed E-state index contributed by atoms with van der Waals surface area (Å²) in [6.07, 6.45) is 1.30. The Labute approximate surface area is 202 Å². The highest BCUT2D eigenvalue weighted by Gasteiger charge is 2.20. The van der Waals surface area contributed by atoms with Crippen LogP contribution in [0.25, 0.3) is 10.2 Å². The van der Waals surface area contributed by atoms with Crippen molar-refractivity contribution in [1.82, 2.24) is 9.88 Å². The minimum atomic E-state index is -0.247. The van der Waals surface area contributed by atoms with Crippen LogP contribution in [0, 0.1) is 19.7 Å². The van der Waals surface area contributed by atoms with Gasteiger partial charge < -0.3 is 4.74 Å². The normalized spacial score (nSPS) is 14.6. The van der Waals surface area contributed by atoms with Gasteiger partial charge in [-0.05, 0) is 67.8 Å². The molecule has 0 unspecified atom stereocenters. The van der Waals surface area contributed by atoms with Crippen molar-refractivity contribution in [1.29, 1.82) is 0 Å². The summed E-state index contributed by atoms with van der Waals surface area (Å²) in [7, 11) is 0. The molecule has 5 nitrogen and oxygen atoms in total. The van der Waals surface area contributed by atoms with Crippen molar-refractivity contribution >= 4 is 44.4 Å². The van der Waals surface area contributed by atoms with Gasteiger partial charge in [0, 0.05) is 43.2 Å². The van der Waals surface area contributed by atoms with Crippen LogP contribution in [0.5, 0.6) is 0 Å². The van der Waals surface area contributed by atoms with E-state index in [1.54, 1.807) is 35.2 Å². The van der Waals surface area contributed by atoms with Crippen LogP contribution >= 0.6 is 23.1 Å². The Hall–Kier alpha value is -2.00. The number of aromatic nitrogens is 1. The molecule has 1 fully saturated rings. The summed E-state index contributed by atoms with van der Waals surface area (Å²) in [6.45, 7) is 9.23. The largest absolute Gasteiger partial charge is 0.379 e. The molecule has 0 aliphatic carbocycles. The summed E-state index contributed by atoms with van der Waals surface area (Å²) in [5.41, 5.74) is 3.39. The molecule has 1 aliphatic rings. The summed E-state index contributed by atoms with van der Waals surface area (Å²) in [4.78, 5) is 23.3. The lowest BCUT2D eigenvalue weighted by molar-refractivity contribution is -0.118. The number of benzene rings is 2. The summed E-state index contributed by atoms with van der Waals surface area (Å²) < 4.78 is 19.7. The number of anilines is 1. The Morgan fingerprint density at radius 2 is 1.91 bits per heavy atom. The number of thiazole rings is 1. The molecule has 2 heterocycles. The zero-order chi connectivity index (χ0) is 23.2. The van der Waals surface area contributed by atoms with Crippen LogP contribution in [0.15, 0.2) is 41.3 Å². The van der Waals surface area contributed by atoms with E-state index in [0.29, 0.717) is 18.7 Å². The lowest BCUT2D eigenvalue weighted by Crippen LogP contribution is -2.39. The molecule has 176 valence electrons. The number of fused-ring (bicyclic) bond motifs is 1. The Kier molecular flexibility index (Phi) is 8.35. The molecule has 8 heteroatoms. The zero-order valence-corrected chi connectivity index (χ0v) is 20.8. The van der Waals surface area contributed by atoms with Crippen LogP contribution in [0.2, 0.25) is 0 Å². The van der Waals surface area contributed by atoms with Gasteiger partial charge in [-0.25, -0.2) is 9.37 Å². The Balaban J connectivity index is 1.43. The summed E-state index contributed by atoms with van der Waals surface area (Å²) in [6, 6.07) is 10.7. The molecule has 0 N–H and O–H groups in total. The Morgan fingerprint density at radius 3 is 2.67 bits per heavy atom. The summed E-state index contributed by atoms with van der Waals surface area (Å²) in [5.74, 6) is 0.482. The van der Waals surface area contributed by atoms with E-state index < -0.39 is 0 Å². The maximum atomic E-state index is 13.3. The SMILES string of the molecule is Cc1cc2nc(N(CCCN3CCOCC3)C(=O)CCSc3ccc(F)cc3)sc2cc1C. The number of aryl methyl sites for hydroxylation is 2. The van der Waals surface area contributed by atoms with Crippen LogP contribution in [-0.2, 0) is 9.53 Å². The lowest BCUT2D eigenvalue weighted by Gasteiger charge is -2.27. The van der Waals surface area contributed by atoms with Crippen LogP contribution in [-0.4, -0.2) is 60.9 Å². The van der Waals surface area contributed by atoms with Gasteiger partial charge in [-0.3, -0.25) is 14.6 Å². The van der Waals surface area contributed by atoms with Crippen molar-refractivity contribution in [2.45, 2.75) is 31.6 Å². The van der Waals surface area contributed by atoms with Gasteiger partial charge in [-0.2, -0.15) is 0 Å². The molecule has 2 aromatic carbocycles. The number of nitrogens with zero attached hydrogens (tertiary/aromatic N) is 3. The standard InChI is InChI=1S/C25H30FN3O2S2/c1-18-16-22-23(17-19(18)2)33-25(27-22)29(10-3-9-28-11-13-31-14-12-28)24(30)8-15-32-21-6-4-20(26)5-7-21/h4-7,16-17H,3,8-15H2,1-2H3. The van der Waals surface area contributed by atoms with E-state index in [0.717, 1.165) is 59.5 Å². The molecule has 4 rings (SSSR count).